The summed E-state index contributed by atoms with van der Waals surface area (Å²) in [4.78, 5) is 9.17. The standard InChI is InChI=1S/C42H42N4O4S/c47-51(48,42-18-10-15-36-29-43-22-21-39(36)42)44-37(30-45-23-25-46(26-24-45)38-16-8-3-9-17-38)27-35-19-20-40(49-31-33-11-4-1-5-12-33)41(28-35)50-32-34-13-6-2-7-14-34/h1-22,28-29,37,44H,23-27,30-32H2. The van der Waals surface area contributed by atoms with Crippen molar-refractivity contribution in [2.24, 2.45) is 0 Å². The van der Waals surface area contributed by atoms with Crippen molar-refractivity contribution in [3.8, 4) is 11.5 Å². The Morgan fingerprint density at radius 1 is 0.667 bits per heavy atom. The van der Waals surface area contributed by atoms with Crippen LogP contribution in [0.3, 0.4) is 0 Å². The van der Waals surface area contributed by atoms with Gasteiger partial charge in [-0.15, -0.1) is 0 Å². The first-order valence-electron chi connectivity index (χ1n) is 17.3. The van der Waals surface area contributed by atoms with Gasteiger partial charge in [0.1, 0.15) is 13.2 Å². The highest BCUT2D eigenvalue weighted by atomic mass is 32.2. The van der Waals surface area contributed by atoms with E-state index in [0.717, 1.165) is 48.3 Å². The second-order valence-electron chi connectivity index (χ2n) is 12.8. The van der Waals surface area contributed by atoms with Crippen molar-refractivity contribution in [3.63, 3.8) is 0 Å². The lowest BCUT2D eigenvalue weighted by molar-refractivity contribution is 0.236. The van der Waals surface area contributed by atoms with E-state index < -0.39 is 16.1 Å². The topological polar surface area (TPSA) is 84.0 Å². The number of pyridine rings is 1. The van der Waals surface area contributed by atoms with Crippen LogP contribution >= 0.6 is 0 Å². The summed E-state index contributed by atoms with van der Waals surface area (Å²) in [5, 5.41) is 1.42. The highest BCUT2D eigenvalue weighted by Crippen LogP contribution is 2.31. The summed E-state index contributed by atoms with van der Waals surface area (Å²) in [7, 11) is -3.89. The molecule has 0 aliphatic carbocycles. The molecule has 0 spiro atoms. The third kappa shape index (κ3) is 8.93. The largest absolute Gasteiger partial charge is 0.485 e. The van der Waals surface area contributed by atoms with Gasteiger partial charge in [0, 0.05) is 67.6 Å². The molecule has 2 heterocycles. The van der Waals surface area contributed by atoms with Crippen LogP contribution < -0.4 is 19.1 Å². The minimum Gasteiger partial charge on any atom is -0.485 e. The Morgan fingerprint density at radius 2 is 1.31 bits per heavy atom. The number of aromatic nitrogens is 1. The minimum atomic E-state index is -3.89. The fraction of sp³-hybridized carbons (Fsp3) is 0.214. The molecule has 1 aliphatic heterocycles. The van der Waals surface area contributed by atoms with E-state index in [2.05, 4.69) is 43.8 Å². The van der Waals surface area contributed by atoms with Gasteiger partial charge in [0.05, 0.1) is 4.90 Å². The van der Waals surface area contributed by atoms with Crippen molar-refractivity contribution in [2.45, 2.75) is 30.6 Å². The molecule has 260 valence electrons. The monoisotopic (exact) mass is 698 g/mol. The maximum atomic E-state index is 14.1. The normalized spacial score (nSPS) is 14.3. The molecule has 0 bridgehead atoms. The summed E-state index contributed by atoms with van der Waals surface area (Å²) in [5.74, 6) is 1.25. The highest BCUT2D eigenvalue weighted by Gasteiger charge is 2.26. The summed E-state index contributed by atoms with van der Waals surface area (Å²) >= 11 is 0. The van der Waals surface area contributed by atoms with Crippen LogP contribution in [-0.4, -0.2) is 57.1 Å². The first-order chi connectivity index (χ1) is 25.0. The predicted octanol–water partition coefficient (Wildman–Crippen LogP) is 7.10. The summed E-state index contributed by atoms with van der Waals surface area (Å²) in [6.45, 7) is 4.72. The van der Waals surface area contributed by atoms with Gasteiger partial charge in [0.15, 0.2) is 11.5 Å². The molecular weight excluding hydrogens is 657 g/mol. The zero-order chi connectivity index (χ0) is 34.9. The number of rotatable bonds is 14. The lowest BCUT2D eigenvalue weighted by Gasteiger charge is -2.37. The number of hydrogen-bond donors (Lipinski definition) is 1. The second-order valence-corrected chi connectivity index (χ2v) is 14.5. The minimum absolute atomic E-state index is 0.248. The lowest BCUT2D eigenvalue weighted by Crippen LogP contribution is -2.52. The van der Waals surface area contributed by atoms with Crippen LogP contribution in [0.2, 0.25) is 0 Å². The molecule has 5 aromatic carbocycles. The van der Waals surface area contributed by atoms with Crippen LogP contribution in [-0.2, 0) is 29.7 Å². The number of anilines is 1. The first kappa shape index (κ1) is 34.2. The van der Waals surface area contributed by atoms with Crippen molar-refractivity contribution < 1.29 is 17.9 Å². The van der Waals surface area contributed by atoms with Crippen molar-refractivity contribution >= 4 is 26.5 Å². The van der Waals surface area contributed by atoms with Crippen LogP contribution in [0, 0.1) is 0 Å². The highest BCUT2D eigenvalue weighted by molar-refractivity contribution is 7.89. The Kier molecular flexibility index (Phi) is 10.9. The number of piperazine rings is 1. The number of nitrogens with one attached hydrogen (secondary N) is 1. The molecule has 1 saturated heterocycles. The maximum Gasteiger partial charge on any atom is 0.241 e. The average molecular weight is 699 g/mol. The smallest absolute Gasteiger partial charge is 0.241 e. The van der Waals surface area contributed by atoms with Gasteiger partial charge in [-0.3, -0.25) is 9.88 Å². The number of sulfonamides is 1. The van der Waals surface area contributed by atoms with E-state index in [1.165, 1.54) is 5.69 Å². The summed E-state index contributed by atoms with van der Waals surface area (Å²) < 4.78 is 44.0. The van der Waals surface area contributed by atoms with E-state index in [4.69, 9.17) is 9.47 Å². The summed E-state index contributed by atoms with van der Waals surface area (Å²) in [5.41, 5.74) is 4.25. The van der Waals surface area contributed by atoms with Gasteiger partial charge in [-0.05, 0) is 59.5 Å². The van der Waals surface area contributed by atoms with Gasteiger partial charge in [0.25, 0.3) is 0 Å². The number of benzene rings is 5. The van der Waals surface area contributed by atoms with Crippen LogP contribution in [0.25, 0.3) is 10.8 Å². The van der Waals surface area contributed by atoms with Crippen molar-refractivity contribution in [2.75, 3.05) is 37.6 Å². The Balaban J connectivity index is 1.14. The SMILES string of the molecule is O=S(=O)(NC(Cc1ccc(OCc2ccccc2)c(OCc2ccccc2)c1)CN1CCN(c2ccccc2)CC1)c1cccc2cnccc12. The second kappa shape index (κ2) is 16.2. The molecule has 9 heteroatoms. The Morgan fingerprint density at radius 3 is 2.00 bits per heavy atom. The molecule has 8 nitrogen and oxygen atoms in total. The van der Waals surface area contributed by atoms with Crippen molar-refractivity contribution in [3.05, 3.63) is 163 Å². The maximum absolute atomic E-state index is 14.1. The van der Waals surface area contributed by atoms with E-state index in [1.807, 2.05) is 91.0 Å². The van der Waals surface area contributed by atoms with Gasteiger partial charge in [0.2, 0.25) is 10.0 Å². The van der Waals surface area contributed by atoms with Crippen LogP contribution in [0.4, 0.5) is 5.69 Å². The zero-order valence-corrected chi connectivity index (χ0v) is 29.3. The molecule has 0 amide bonds. The van der Waals surface area contributed by atoms with Crippen molar-refractivity contribution in [1.82, 2.24) is 14.6 Å². The zero-order valence-electron chi connectivity index (χ0n) is 28.5. The van der Waals surface area contributed by atoms with Crippen LogP contribution in [0.5, 0.6) is 11.5 Å². The molecular formula is C42H42N4O4S. The first-order valence-corrected chi connectivity index (χ1v) is 18.8. The molecule has 1 aromatic heterocycles. The van der Waals surface area contributed by atoms with Gasteiger partial charge in [-0.25, -0.2) is 13.1 Å². The van der Waals surface area contributed by atoms with Gasteiger partial charge in [-0.2, -0.15) is 0 Å². The summed E-state index contributed by atoms with van der Waals surface area (Å²) in [6, 6.07) is 43.1. The Hall–Kier alpha value is -5.22. The average Bonchev–Trinajstić information content (AvgIpc) is 3.17. The molecule has 0 radical (unpaired) electrons. The predicted molar refractivity (Wildman–Crippen MR) is 203 cm³/mol. The molecule has 1 N–H and O–H groups in total. The third-order valence-corrected chi connectivity index (χ3v) is 10.8. The number of para-hydroxylation sites is 1. The van der Waals surface area contributed by atoms with Gasteiger partial charge in [-0.1, -0.05) is 97.1 Å². The van der Waals surface area contributed by atoms with E-state index in [0.29, 0.717) is 43.1 Å². The van der Waals surface area contributed by atoms with E-state index in [9.17, 15) is 8.42 Å². The van der Waals surface area contributed by atoms with E-state index in [1.54, 1.807) is 30.6 Å². The van der Waals surface area contributed by atoms with E-state index >= 15 is 0 Å². The lowest BCUT2D eigenvalue weighted by atomic mass is 10.0. The molecule has 0 saturated carbocycles. The Bertz CT molecular complexity index is 2120. The Labute approximate surface area is 300 Å². The van der Waals surface area contributed by atoms with Gasteiger partial charge < -0.3 is 14.4 Å². The van der Waals surface area contributed by atoms with Gasteiger partial charge >= 0.3 is 0 Å². The fourth-order valence-electron chi connectivity index (χ4n) is 6.56. The number of nitrogens with zero attached hydrogens (tertiary/aromatic N) is 3. The molecule has 6 aromatic rings. The quantitative estimate of drug-likeness (QED) is 0.130. The van der Waals surface area contributed by atoms with Crippen LogP contribution in [0.1, 0.15) is 16.7 Å². The van der Waals surface area contributed by atoms with Crippen LogP contribution in [0.15, 0.2) is 151 Å². The number of fused-ring (bicyclic) bond motifs is 1. The number of hydrogen-bond acceptors (Lipinski definition) is 7. The molecule has 1 fully saturated rings. The van der Waals surface area contributed by atoms with E-state index in [-0.39, 0.29) is 4.90 Å². The number of ether oxygens (including phenoxy) is 2. The molecule has 1 unspecified atom stereocenters. The third-order valence-electron chi connectivity index (χ3n) is 9.19. The summed E-state index contributed by atoms with van der Waals surface area (Å²) in [6.07, 6.45) is 3.78. The fourth-order valence-corrected chi connectivity index (χ4v) is 8.02. The molecule has 1 aliphatic rings. The molecule has 51 heavy (non-hydrogen) atoms. The van der Waals surface area contributed by atoms with Crippen molar-refractivity contribution in [1.29, 1.82) is 0 Å². The molecule has 7 rings (SSSR count). The molecule has 1 atom stereocenters.